The molecular formula is C14H10ClF4N. The molecule has 0 heterocycles. The fourth-order valence-electron chi connectivity index (χ4n) is 1.83. The molecule has 1 nitrogen and oxygen atoms in total. The summed E-state index contributed by atoms with van der Waals surface area (Å²) in [6, 6.07) is 7.60. The predicted molar refractivity (Wildman–Crippen MR) is 69.7 cm³/mol. The van der Waals surface area contributed by atoms with Crippen LogP contribution < -0.4 is 5.73 Å². The average molecular weight is 304 g/mol. The Morgan fingerprint density at radius 2 is 1.75 bits per heavy atom. The summed E-state index contributed by atoms with van der Waals surface area (Å²) in [7, 11) is 0. The van der Waals surface area contributed by atoms with Gasteiger partial charge in [0.15, 0.2) is 0 Å². The van der Waals surface area contributed by atoms with Crippen molar-refractivity contribution in [2.24, 2.45) is 5.73 Å². The second-order valence-electron chi connectivity index (χ2n) is 4.21. The number of rotatable bonds is 2. The molecule has 0 aliphatic heterocycles. The summed E-state index contributed by atoms with van der Waals surface area (Å²) in [5.74, 6) is -1.31. The lowest BCUT2D eigenvalue weighted by molar-refractivity contribution is -0.139. The molecule has 0 saturated carbocycles. The Balaban J connectivity index is 2.54. The van der Waals surface area contributed by atoms with E-state index < -0.39 is 17.6 Å². The zero-order chi connectivity index (χ0) is 14.9. The van der Waals surface area contributed by atoms with Crippen LogP contribution in [-0.4, -0.2) is 0 Å². The molecule has 6 heteroatoms. The zero-order valence-corrected chi connectivity index (χ0v) is 10.9. The number of hydrogen-bond acceptors (Lipinski definition) is 1. The molecular weight excluding hydrogens is 294 g/mol. The van der Waals surface area contributed by atoms with Gasteiger partial charge < -0.3 is 5.73 Å². The average Bonchev–Trinajstić information content (AvgIpc) is 2.38. The van der Waals surface area contributed by atoms with Crippen LogP contribution in [0.4, 0.5) is 17.6 Å². The Hall–Kier alpha value is -1.59. The summed E-state index contributed by atoms with van der Waals surface area (Å²) in [4.78, 5) is 0. The van der Waals surface area contributed by atoms with Crippen LogP contribution in [0, 0.1) is 5.82 Å². The van der Waals surface area contributed by atoms with Crippen molar-refractivity contribution in [1.82, 2.24) is 0 Å². The third kappa shape index (κ3) is 2.94. The lowest BCUT2D eigenvalue weighted by Gasteiger charge is -2.11. The second kappa shape index (κ2) is 5.42. The molecule has 0 spiro atoms. The van der Waals surface area contributed by atoms with E-state index in [0.717, 1.165) is 17.7 Å². The minimum Gasteiger partial charge on any atom is -0.326 e. The summed E-state index contributed by atoms with van der Waals surface area (Å²) < 4.78 is 51.3. The molecule has 0 fully saturated rings. The highest BCUT2D eigenvalue weighted by Crippen LogP contribution is 2.36. The van der Waals surface area contributed by atoms with Gasteiger partial charge in [0, 0.05) is 17.1 Å². The molecule has 0 radical (unpaired) electrons. The Labute approximate surface area is 118 Å². The first-order valence-electron chi connectivity index (χ1n) is 5.68. The minimum atomic E-state index is -4.75. The van der Waals surface area contributed by atoms with Gasteiger partial charge in [0.25, 0.3) is 0 Å². The molecule has 0 aliphatic carbocycles. The smallest absolute Gasteiger partial charge is 0.326 e. The highest BCUT2D eigenvalue weighted by molar-refractivity contribution is 6.33. The van der Waals surface area contributed by atoms with Gasteiger partial charge in [0.2, 0.25) is 0 Å². The van der Waals surface area contributed by atoms with E-state index in [2.05, 4.69) is 0 Å². The highest BCUT2D eigenvalue weighted by atomic mass is 35.5. The van der Waals surface area contributed by atoms with E-state index in [1.807, 2.05) is 0 Å². The summed E-state index contributed by atoms with van der Waals surface area (Å²) in [6.07, 6.45) is -4.75. The van der Waals surface area contributed by atoms with Crippen LogP contribution in [0.3, 0.4) is 0 Å². The Kier molecular flexibility index (Phi) is 4.01. The third-order valence-electron chi connectivity index (χ3n) is 2.85. The molecule has 0 amide bonds. The van der Waals surface area contributed by atoms with Gasteiger partial charge in [-0.3, -0.25) is 0 Å². The molecule has 2 aromatic rings. The third-order valence-corrected chi connectivity index (χ3v) is 3.16. The first-order chi connectivity index (χ1) is 9.32. The molecule has 0 saturated heterocycles. The Bertz CT molecular complexity index is 638. The van der Waals surface area contributed by atoms with Crippen LogP contribution in [0.5, 0.6) is 0 Å². The monoisotopic (exact) mass is 303 g/mol. The summed E-state index contributed by atoms with van der Waals surface area (Å²) in [5, 5.41) is 0.271. The van der Waals surface area contributed by atoms with E-state index >= 15 is 0 Å². The number of benzene rings is 2. The van der Waals surface area contributed by atoms with Crippen LogP contribution >= 0.6 is 11.6 Å². The number of alkyl halides is 3. The maximum atomic E-state index is 13.2. The molecule has 2 rings (SSSR count). The van der Waals surface area contributed by atoms with Crippen molar-refractivity contribution in [3.05, 3.63) is 58.4 Å². The van der Waals surface area contributed by atoms with Crippen molar-refractivity contribution in [2.75, 3.05) is 0 Å². The molecule has 2 aromatic carbocycles. The van der Waals surface area contributed by atoms with Crippen molar-refractivity contribution in [3.63, 3.8) is 0 Å². The van der Waals surface area contributed by atoms with E-state index in [9.17, 15) is 17.6 Å². The van der Waals surface area contributed by atoms with Crippen molar-refractivity contribution in [1.29, 1.82) is 0 Å². The molecule has 0 aromatic heterocycles. The fourth-order valence-corrected chi connectivity index (χ4v) is 2.14. The zero-order valence-electron chi connectivity index (χ0n) is 10.1. The van der Waals surface area contributed by atoms with Gasteiger partial charge in [-0.2, -0.15) is 13.2 Å². The van der Waals surface area contributed by atoms with Crippen LogP contribution in [0.15, 0.2) is 36.4 Å². The number of halogens is 5. The summed E-state index contributed by atoms with van der Waals surface area (Å²) in [5.41, 5.74) is 5.50. The SMILES string of the molecule is NCc1ccc(-c2ccc(F)c(C(F)(F)F)c2)c(Cl)c1. The van der Waals surface area contributed by atoms with E-state index in [-0.39, 0.29) is 17.1 Å². The lowest BCUT2D eigenvalue weighted by Crippen LogP contribution is -2.08. The van der Waals surface area contributed by atoms with Gasteiger partial charge >= 0.3 is 6.18 Å². The number of nitrogens with two attached hydrogens (primary N) is 1. The quantitative estimate of drug-likeness (QED) is 0.805. The molecule has 20 heavy (non-hydrogen) atoms. The molecule has 0 bridgehead atoms. The normalized spacial score (nSPS) is 11.7. The highest BCUT2D eigenvalue weighted by Gasteiger charge is 2.34. The van der Waals surface area contributed by atoms with Crippen LogP contribution in [-0.2, 0) is 12.7 Å². The lowest BCUT2D eigenvalue weighted by atomic mass is 10.0. The van der Waals surface area contributed by atoms with E-state index in [1.165, 1.54) is 6.07 Å². The standard InChI is InChI=1S/C14H10ClF4N/c15-12-5-8(7-20)1-3-10(12)9-2-4-13(16)11(6-9)14(17,18)19/h1-6H,7,20H2. The van der Waals surface area contributed by atoms with Gasteiger partial charge in [-0.15, -0.1) is 0 Å². The first-order valence-corrected chi connectivity index (χ1v) is 6.06. The van der Waals surface area contributed by atoms with Gasteiger partial charge in [0.05, 0.1) is 5.56 Å². The molecule has 0 aliphatic rings. The maximum Gasteiger partial charge on any atom is 0.419 e. The Morgan fingerprint density at radius 1 is 1.05 bits per heavy atom. The minimum absolute atomic E-state index is 0.201. The maximum absolute atomic E-state index is 13.2. The molecule has 0 atom stereocenters. The topological polar surface area (TPSA) is 26.0 Å². The van der Waals surface area contributed by atoms with Gasteiger partial charge in [-0.05, 0) is 29.3 Å². The molecule has 0 unspecified atom stereocenters. The van der Waals surface area contributed by atoms with Gasteiger partial charge in [-0.1, -0.05) is 29.8 Å². The van der Waals surface area contributed by atoms with Gasteiger partial charge in [0.1, 0.15) is 5.82 Å². The number of hydrogen-bond donors (Lipinski definition) is 1. The summed E-state index contributed by atoms with van der Waals surface area (Å²) in [6.45, 7) is 0.275. The fraction of sp³-hybridized carbons (Fsp3) is 0.143. The second-order valence-corrected chi connectivity index (χ2v) is 4.62. The predicted octanol–water partition coefficient (Wildman–Crippen LogP) is 4.62. The van der Waals surface area contributed by atoms with Gasteiger partial charge in [-0.25, -0.2) is 4.39 Å². The molecule has 106 valence electrons. The summed E-state index contributed by atoms with van der Waals surface area (Å²) >= 11 is 6.02. The van der Waals surface area contributed by atoms with E-state index in [0.29, 0.717) is 5.56 Å². The van der Waals surface area contributed by atoms with Crippen LogP contribution in [0.1, 0.15) is 11.1 Å². The first kappa shape index (κ1) is 14.8. The van der Waals surface area contributed by atoms with E-state index in [1.54, 1.807) is 18.2 Å². The van der Waals surface area contributed by atoms with Crippen molar-refractivity contribution in [3.8, 4) is 11.1 Å². The van der Waals surface area contributed by atoms with E-state index in [4.69, 9.17) is 17.3 Å². The van der Waals surface area contributed by atoms with Crippen molar-refractivity contribution in [2.45, 2.75) is 12.7 Å². The van der Waals surface area contributed by atoms with Crippen molar-refractivity contribution < 1.29 is 17.6 Å². The van der Waals surface area contributed by atoms with Crippen molar-refractivity contribution >= 4 is 11.6 Å². The Morgan fingerprint density at radius 3 is 2.30 bits per heavy atom. The largest absolute Gasteiger partial charge is 0.419 e. The van der Waals surface area contributed by atoms with Crippen LogP contribution in [0.25, 0.3) is 11.1 Å². The van der Waals surface area contributed by atoms with Crippen LogP contribution in [0.2, 0.25) is 5.02 Å². The molecule has 2 N–H and O–H groups in total.